The Kier molecular flexibility index (Phi) is 9.81. The highest BCUT2D eigenvalue weighted by molar-refractivity contribution is 7.09. The van der Waals surface area contributed by atoms with Gasteiger partial charge in [0.05, 0.1) is 31.7 Å². The molecule has 0 bridgehead atoms. The molecular formula is C26H29N5O7S. The molecule has 5 N–H and O–H groups in total. The summed E-state index contributed by atoms with van der Waals surface area (Å²) in [5.41, 5.74) is 11.6. The fourth-order valence-corrected chi connectivity index (χ4v) is 4.47. The summed E-state index contributed by atoms with van der Waals surface area (Å²) in [4.78, 5) is 52.7. The van der Waals surface area contributed by atoms with Crippen molar-refractivity contribution in [3.63, 3.8) is 0 Å². The first-order valence-corrected chi connectivity index (χ1v) is 12.7. The molecule has 1 heterocycles. The Hall–Kier alpha value is -4.65. The van der Waals surface area contributed by atoms with E-state index in [1.54, 1.807) is 55.5 Å². The Morgan fingerprint density at radius 3 is 2.33 bits per heavy atom. The molecule has 12 nitrogen and oxygen atoms in total. The molecule has 1 atom stereocenters. The second kappa shape index (κ2) is 13.2. The Balaban J connectivity index is 2.20. The minimum Gasteiger partial charge on any atom is -0.495 e. The molecule has 0 aliphatic rings. The summed E-state index contributed by atoms with van der Waals surface area (Å²) in [5, 5.41) is 2.54. The smallest absolute Gasteiger partial charge is 0.325 e. The van der Waals surface area contributed by atoms with Crippen molar-refractivity contribution in [2.75, 3.05) is 37.5 Å². The third-order valence-electron chi connectivity index (χ3n) is 5.44. The monoisotopic (exact) mass is 555 g/mol. The number of benzene rings is 2. The molecule has 1 aromatic heterocycles. The maximum Gasteiger partial charge on any atom is 0.325 e. The summed E-state index contributed by atoms with van der Waals surface area (Å²) in [7, 11) is 1.42. The number of nitrogens with zero attached hydrogens (tertiary/aromatic N) is 2. The number of rotatable bonds is 12. The van der Waals surface area contributed by atoms with Crippen molar-refractivity contribution in [2.45, 2.75) is 19.9 Å². The third-order valence-corrected chi connectivity index (χ3v) is 6.30. The first kappa shape index (κ1) is 28.9. The number of hydrogen-bond donors (Lipinski definition) is 3. The van der Waals surface area contributed by atoms with E-state index in [0.29, 0.717) is 29.5 Å². The quantitative estimate of drug-likeness (QED) is 0.283. The van der Waals surface area contributed by atoms with Crippen molar-refractivity contribution in [1.82, 2.24) is 9.69 Å². The SMILES string of the molecule is CCOC(=O)CNC(=O)[C@@H](c1ccc(OCC)cc1)N(C(=O)c1snc(C(N)=O)c1N)c1ccccc1OC. The summed E-state index contributed by atoms with van der Waals surface area (Å²) < 4.78 is 19.9. The zero-order chi connectivity index (χ0) is 28.5. The van der Waals surface area contributed by atoms with Gasteiger partial charge in [-0.1, -0.05) is 24.3 Å². The number of primary amides is 1. The van der Waals surface area contributed by atoms with E-state index in [2.05, 4.69) is 9.69 Å². The number of para-hydroxylation sites is 2. The molecule has 206 valence electrons. The molecule has 0 aliphatic heterocycles. The van der Waals surface area contributed by atoms with Crippen LogP contribution in [0.5, 0.6) is 11.5 Å². The molecule has 0 saturated heterocycles. The number of ether oxygens (including phenoxy) is 3. The lowest BCUT2D eigenvalue weighted by Gasteiger charge is -2.32. The molecular weight excluding hydrogens is 526 g/mol. The van der Waals surface area contributed by atoms with Crippen molar-refractivity contribution in [2.24, 2.45) is 5.73 Å². The molecule has 3 amide bonds. The predicted octanol–water partition coefficient (Wildman–Crippen LogP) is 2.30. The molecule has 0 radical (unpaired) electrons. The Labute approximate surface area is 229 Å². The number of methoxy groups -OCH3 is 1. The number of nitrogens with one attached hydrogen (secondary N) is 1. The molecule has 0 saturated carbocycles. The number of anilines is 2. The number of carbonyl (C=O) groups is 4. The maximum absolute atomic E-state index is 14.1. The lowest BCUT2D eigenvalue weighted by atomic mass is 10.0. The van der Waals surface area contributed by atoms with Crippen LogP contribution < -0.4 is 31.2 Å². The van der Waals surface area contributed by atoms with E-state index in [1.807, 2.05) is 6.92 Å². The van der Waals surface area contributed by atoms with Crippen LogP contribution in [0, 0.1) is 0 Å². The van der Waals surface area contributed by atoms with Crippen LogP contribution in [0.25, 0.3) is 0 Å². The van der Waals surface area contributed by atoms with Gasteiger partial charge in [0, 0.05) is 0 Å². The first-order valence-electron chi connectivity index (χ1n) is 11.9. The summed E-state index contributed by atoms with van der Waals surface area (Å²) in [5.74, 6) is -2.15. The zero-order valence-electron chi connectivity index (χ0n) is 21.6. The zero-order valence-corrected chi connectivity index (χ0v) is 22.4. The van der Waals surface area contributed by atoms with Crippen LogP contribution in [0.1, 0.15) is 45.6 Å². The van der Waals surface area contributed by atoms with Gasteiger partial charge in [0.25, 0.3) is 11.8 Å². The van der Waals surface area contributed by atoms with E-state index in [-0.39, 0.29) is 34.3 Å². The highest BCUT2D eigenvalue weighted by Gasteiger charge is 2.37. The molecule has 0 aliphatic carbocycles. The van der Waals surface area contributed by atoms with Gasteiger partial charge in [-0.25, -0.2) is 0 Å². The maximum atomic E-state index is 14.1. The molecule has 39 heavy (non-hydrogen) atoms. The fraction of sp³-hybridized carbons (Fsp3) is 0.269. The van der Waals surface area contributed by atoms with Crippen molar-refractivity contribution in [3.05, 3.63) is 64.7 Å². The van der Waals surface area contributed by atoms with Gasteiger partial charge in [-0.15, -0.1) is 0 Å². The fourth-order valence-electron chi connectivity index (χ4n) is 3.73. The normalized spacial score (nSPS) is 11.3. The van der Waals surface area contributed by atoms with Gasteiger partial charge in [-0.2, -0.15) is 4.37 Å². The van der Waals surface area contributed by atoms with E-state index in [9.17, 15) is 19.2 Å². The van der Waals surface area contributed by atoms with Gasteiger partial charge in [0.2, 0.25) is 5.91 Å². The van der Waals surface area contributed by atoms with Gasteiger partial charge in [-0.3, -0.25) is 24.1 Å². The van der Waals surface area contributed by atoms with Crippen LogP contribution in [0.4, 0.5) is 11.4 Å². The summed E-state index contributed by atoms with van der Waals surface area (Å²) in [6.45, 7) is 3.62. The summed E-state index contributed by atoms with van der Waals surface area (Å²) >= 11 is 0.674. The Morgan fingerprint density at radius 1 is 1.05 bits per heavy atom. The number of esters is 1. The van der Waals surface area contributed by atoms with Crippen molar-refractivity contribution < 1.29 is 33.4 Å². The summed E-state index contributed by atoms with van der Waals surface area (Å²) in [6.07, 6.45) is 0. The van der Waals surface area contributed by atoms with Crippen LogP contribution >= 0.6 is 11.5 Å². The van der Waals surface area contributed by atoms with Crippen molar-refractivity contribution in [1.29, 1.82) is 0 Å². The van der Waals surface area contributed by atoms with Crippen LogP contribution in [0.3, 0.4) is 0 Å². The van der Waals surface area contributed by atoms with E-state index >= 15 is 0 Å². The Morgan fingerprint density at radius 2 is 1.74 bits per heavy atom. The van der Waals surface area contributed by atoms with Gasteiger partial charge in [0.15, 0.2) is 5.69 Å². The average molecular weight is 556 g/mol. The van der Waals surface area contributed by atoms with Crippen molar-refractivity contribution in [3.8, 4) is 11.5 Å². The molecule has 0 unspecified atom stereocenters. The lowest BCUT2D eigenvalue weighted by molar-refractivity contribution is -0.143. The van der Waals surface area contributed by atoms with Crippen LogP contribution in [0.15, 0.2) is 48.5 Å². The number of aromatic nitrogens is 1. The van der Waals surface area contributed by atoms with E-state index in [4.69, 9.17) is 25.7 Å². The third kappa shape index (κ3) is 6.62. The van der Waals surface area contributed by atoms with Crippen LogP contribution in [-0.4, -0.2) is 54.9 Å². The highest BCUT2D eigenvalue weighted by atomic mass is 32.1. The van der Waals surface area contributed by atoms with Gasteiger partial charge < -0.3 is 31.0 Å². The molecule has 13 heteroatoms. The minimum absolute atomic E-state index is 0.108. The van der Waals surface area contributed by atoms with E-state index in [1.165, 1.54) is 12.0 Å². The molecule has 3 aromatic rings. The number of nitrogens with two attached hydrogens (primary N) is 2. The molecule has 3 rings (SSSR count). The number of nitrogen functional groups attached to an aromatic ring is 1. The first-order chi connectivity index (χ1) is 18.7. The van der Waals surface area contributed by atoms with Gasteiger partial charge in [-0.05, 0) is 55.2 Å². The largest absolute Gasteiger partial charge is 0.495 e. The van der Waals surface area contributed by atoms with Gasteiger partial charge in [0.1, 0.15) is 29.0 Å². The number of carbonyl (C=O) groups excluding carboxylic acids is 4. The Bertz CT molecular complexity index is 1340. The topological polar surface area (TPSA) is 176 Å². The standard InChI is InChI=1S/C26H29N5O7S/c1-4-37-16-12-10-15(11-13-16)22(25(34)29-14-19(32)38-5-2)31(17-8-6-7-9-18(17)36-3)26(35)23-20(27)21(24(28)33)30-39-23/h6-13,22H,4-5,14,27H2,1-3H3,(H2,28,33)(H,29,34)/t22-/m1/s1. The minimum atomic E-state index is -1.32. The van der Waals surface area contributed by atoms with Crippen molar-refractivity contribution >= 4 is 46.6 Å². The second-order valence-corrected chi connectivity index (χ2v) is 8.69. The van der Waals surface area contributed by atoms with Crippen LogP contribution in [-0.2, 0) is 14.3 Å². The number of amides is 3. The highest BCUT2D eigenvalue weighted by Crippen LogP contribution is 2.38. The second-order valence-electron chi connectivity index (χ2n) is 7.91. The lowest BCUT2D eigenvalue weighted by Crippen LogP contribution is -2.45. The van der Waals surface area contributed by atoms with Crippen LogP contribution in [0.2, 0.25) is 0 Å². The predicted molar refractivity (Wildman–Crippen MR) is 145 cm³/mol. The van der Waals surface area contributed by atoms with E-state index in [0.717, 1.165) is 0 Å². The molecule has 2 aromatic carbocycles. The van der Waals surface area contributed by atoms with Gasteiger partial charge >= 0.3 is 5.97 Å². The molecule has 0 spiro atoms. The summed E-state index contributed by atoms with van der Waals surface area (Å²) in [6, 6.07) is 11.8. The van der Waals surface area contributed by atoms with E-state index < -0.39 is 36.3 Å². The average Bonchev–Trinajstić information content (AvgIpc) is 3.32. The number of hydrogen-bond acceptors (Lipinski definition) is 10. The molecule has 0 fully saturated rings.